The molecule has 0 amide bonds. The molecule has 0 fully saturated rings. The smallest absolute Gasteiger partial charge is 0.307 e. The van der Waals surface area contributed by atoms with Gasteiger partial charge in [0.25, 0.3) is 0 Å². The molecule has 0 aromatic heterocycles. The lowest BCUT2D eigenvalue weighted by atomic mass is 10.1. The summed E-state index contributed by atoms with van der Waals surface area (Å²) in [6.45, 7) is 3.61. The quantitative estimate of drug-likeness (QED) is 0.356. The Kier molecular flexibility index (Phi) is 12.5. The molecule has 0 saturated carbocycles. The lowest BCUT2D eigenvalue weighted by Crippen LogP contribution is -2.53. The first kappa shape index (κ1) is 21.8. The SMILES string of the molecule is CCCOCC(N)(COCCC(=O)OC)COCCC(=O)OC. The summed E-state index contributed by atoms with van der Waals surface area (Å²) in [6.07, 6.45) is 1.19. The van der Waals surface area contributed by atoms with E-state index in [9.17, 15) is 9.59 Å². The highest BCUT2D eigenvalue weighted by molar-refractivity contribution is 5.69. The predicted molar refractivity (Wildman–Crippen MR) is 82.9 cm³/mol. The second-order valence-corrected chi connectivity index (χ2v) is 5.17. The molecule has 8 heteroatoms. The van der Waals surface area contributed by atoms with E-state index >= 15 is 0 Å². The van der Waals surface area contributed by atoms with Gasteiger partial charge in [-0.2, -0.15) is 0 Å². The normalized spacial score (nSPS) is 11.3. The van der Waals surface area contributed by atoms with E-state index in [1.54, 1.807) is 0 Å². The molecule has 23 heavy (non-hydrogen) atoms. The van der Waals surface area contributed by atoms with Crippen LogP contribution in [0.3, 0.4) is 0 Å². The summed E-state index contributed by atoms with van der Waals surface area (Å²) in [5, 5.41) is 0. The Balaban J connectivity index is 4.16. The zero-order chi connectivity index (χ0) is 17.6. The average molecular weight is 335 g/mol. The number of carbonyl (C=O) groups is 2. The fourth-order valence-electron chi connectivity index (χ4n) is 1.61. The van der Waals surface area contributed by atoms with Gasteiger partial charge in [-0.25, -0.2) is 0 Å². The van der Waals surface area contributed by atoms with E-state index in [1.165, 1.54) is 14.2 Å². The van der Waals surface area contributed by atoms with Crippen LogP contribution in [0.25, 0.3) is 0 Å². The van der Waals surface area contributed by atoms with Crippen molar-refractivity contribution in [3.63, 3.8) is 0 Å². The fourth-order valence-corrected chi connectivity index (χ4v) is 1.61. The first-order chi connectivity index (χ1) is 11.0. The van der Waals surface area contributed by atoms with Crippen LogP contribution in [0.2, 0.25) is 0 Å². The highest BCUT2D eigenvalue weighted by atomic mass is 16.5. The van der Waals surface area contributed by atoms with Crippen LogP contribution in [-0.2, 0) is 33.3 Å². The monoisotopic (exact) mass is 335 g/mol. The van der Waals surface area contributed by atoms with Crippen LogP contribution in [0.1, 0.15) is 26.2 Å². The van der Waals surface area contributed by atoms with Crippen LogP contribution in [-0.4, -0.2) is 71.3 Å². The number of esters is 2. The minimum Gasteiger partial charge on any atom is -0.469 e. The summed E-state index contributed by atoms with van der Waals surface area (Å²) in [5.74, 6) is -0.687. The van der Waals surface area contributed by atoms with Gasteiger partial charge in [-0.3, -0.25) is 9.59 Å². The third-order valence-electron chi connectivity index (χ3n) is 2.87. The van der Waals surface area contributed by atoms with E-state index in [1.807, 2.05) is 6.92 Å². The van der Waals surface area contributed by atoms with Crippen molar-refractivity contribution in [1.29, 1.82) is 0 Å². The number of hydrogen-bond acceptors (Lipinski definition) is 8. The molecule has 0 aliphatic heterocycles. The third kappa shape index (κ3) is 11.9. The zero-order valence-electron chi connectivity index (χ0n) is 14.3. The summed E-state index contributed by atoms with van der Waals surface area (Å²) in [7, 11) is 2.65. The van der Waals surface area contributed by atoms with Gasteiger partial charge in [-0.05, 0) is 6.42 Å². The lowest BCUT2D eigenvalue weighted by Gasteiger charge is -2.28. The van der Waals surface area contributed by atoms with Crippen molar-refractivity contribution in [3.8, 4) is 0 Å². The van der Waals surface area contributed by atoms with Crippen LogP contribution in [0.15, 0.2) is 0 Å². The lowest BCUT2D eigenvalue weighted by molar-refractivity contribution is -0.142. The summed E-state index contributed by atoms with van der Waals surface area (Å²) in [6, 6.07) is 0. The van der Waals surface area contributed by atoms with Gasteiger partial charge in [0.1, 0.15) is 0 Å². The summed E-state index contributed by atoms with van der Waals surface area (Å²) < 4.78 is 25.4. The molecule has 0 spiro atoms. The molecule has 8 nitrogen and oxygen atoms in total. The standard InChI is InChI=1S/C15H29NO7/c1-4-7-21-10-15(16,11-22-8-5-13(17)19-2)12-23-9-6-14(18)20-3/h4-12,16H2,1-3H3. The van der Waals surface area contributed by atoms with Gasteiger partial charge in [0.15, 0.2) is 0 Å². The van der Waals surface area contributed by atoms with E-state index in [-0.39, 0.29) is 57.8 Å². The van der Waals surface area contributed by atoms with Crippen LogP contribution in [0, 0.1) is 0 Å². The Labute approximate surface area is 137 Å². The molecule has 0 bridgehead atoms. The van der Waals surface area contributed by atoms with E-state index in [0.29, 0.717) is 6.61 Å². The maximum Gasteiger partial charge on any atom is 0.307 e. The molecule has 0 heterocycles. The molecule has 0 aliphatic carbocycles. The van der Waals surface area contributed by atoms with Crippen molar-refractivity contribution in [1.82, 2.24) is 0 Å². The van der Waals surface area contributed by atoms with Crippen molar-refractivity contribution in [3.05, 3.63) is 0 Å². The minimum absolute atomic E-state index is 0.158. The van der Waals surface area contributed by atoms with Gasteiger partial charge < -0.3 is 29.4 Å². The number of nitrogens with two attached hydrogens (primary N) is 1. The Morgan fingerprint density at radius 1 is 0.826 bits per heavy atom. The molecule has 0 unspecified atom stereocenters. The largest absolute Gasteiger partial charge is 0.469 e. The summed E-state index contributed by atoms with van der Waals surface area (Å²) in [5.41, 5.74) is 5.38. The van der Waals surface area contributed by atoms with Gasteiger partial charge >= 0.3 is 11.9 Å². The molecular formula is C15H29NO7. The molecule has 0 saturated heterocycles. The van der Waals surface area contributed by atoms with Crippen molar-refractivity contribution < 1.29 is 33.3 Å². The predicted octanol–water partition coefficient (Wildman–Crippen LogP) is 0.270. The number of hydrogen-bond donors (Lipinski definition) is 1. The van der Waals surface area contributed by atoms with Crippen molar-refractivity contribution in [2.75, 3.05) is 53.9 Å². The van der Waals surface area contributed by atoms with Crippen LogP contribution < -0.4 is 5.73 Å². The van der Waals surface area contributed by atoms with E-state index in [2.05, 4.69) is 9.47 Å². The van der Waals surface area contributed by atoms with E-state index in [0.717, 1.165) is 6.42 Å². The van der Waals surface area contributed by atoms with Crippen LogP contribution in [0.5, 0.6) is 0 Å². The fraction of sp³-hybridized carbons (Fsp3) is 0.867. The van der Waals surface area contributed by atoms with Gasteiger partial charge in [-0.15, -0.1) is 0 Å². The number of methoxy groups -OCH3 is 2. The second kappa shape index (κ2) is 13.2. The Morgan fingerprint density at radius 3 is 1.57 bits per heavy atom. The molecule has 0 aliphatic rings. The molecule has 0 atom stereocenters. The first-order valence-electron chi connectivity index (χ1n) is 7.63. The minimum atomic E-state index is -0.846. The van der Waals surface area contributed by atoms with Crippen LogP contribution in [0.4, 0.5) is 0 Å². The molecular weight excluding hydrogens is 306 g/mol. The Bertz CT molecular complexity index is 312. The highest BCUT2D eigenvalue weighted by Gasteiger charge is 2.26. The molecule has 0 aromatic rings. The van der Waals surface area contributed by atoms with Crippen LogP contribution >= 0.6 is 0 Å². The maximum absolute atomic E-state index is 11.0. The third-order valence-corrected chi connectivity index (χ3v) is 2.87. The van der Waals surface area contributed by atoms with Gasteiger partial charge in [0.2, 0.25) is 0 Å². The number of rotatable bonds is 14. The van der Waals surface area contributed by atoms with E-state index in [4.69, 9.17) is 19.9 Å². The molecule has 2 N–H and O–H groups in total. The first-order valence-corrected chi connectivity index (χ1v) is 7.63. The Morgan fingerprint density at radius 2 is 1.22 bits per heavy atom. The molecule has 136 valence electrons. The van der Waals surface area contributed by atoms with Crippen molar-refractivity contribution in [2.45, 2.75) is 31.7 Å². The number of carbonyl (C=O) groups excluding carboxylic acids is 2. The Hall–Kier alpha value is -1.22. The van der Waals surface area contributed by atoms with Gasteiger partial charge in [0, 0.05) is 6.61 Å². The molecule has 0 rings (SSSR count). The van der Waals surface area contributed by atoms with Gasteiger partial charge in [0.05, 0.1) is 65.6 Å². The molecule has 0 aromatic carbocycles. The van der Waals surface area contributed by atoms with Gasteiger partial charge in [-0.1, -0.05) is 6.92 Å². The molecule has 0 radical (unpaired) electrons. The zero-order valence-corrected chi connectivity index (χ0v) is 14.3. The number of ether oxygens (including phenoxy) is 5. The summed E-state index contributed by atoms with van der Waals surface area (Å²) >= 11 is 0. The summed E-state index contributed by atoms with van der Waals surface area (Å²) in [4.78, 5) is 22.0. The average Bonchev–Trinajstić information content (AvgIpc) is 2.55. The van der Waals surface area contributed by atoms with Crippen molar-refractivity contribution in [2.24, 2.45) is 5.73 Å². The van der Waals surface area contributed by atoms with Crippen molar-refractivity contribution >= 4 is 11.9 Å². The topological polar surface area (TPSA) is 106 Å². The maximum atomic E-state index is 11.0. The second-order valence-electron chi connectivity index (χ2n) is 5.17. The van der Waals surface area contributed by atoms with E-state index < -0.39 is 5.54 Å². The highest BCUT2D eigenvalue weighted by Crippen LogP contribution is 2.06.